The molecule has 0 radical (unpaired) electrons. The van der Waals surface area contributed by atoms with Crippen LogP contribution in [0.3, 0.4) is 0 Å². The lowest BCUT2D eigenvalue weighted by atomic mass is 9.81. The molecule has 2 N–H and O–H groups in total. The highest BCUT2D eigenvalue weighted by Gasteiger charge is 2.35. The zero-order chi connectivity index (χ0) is 38.4. The van der Waals surface area contributed by atoms with E-state index in [0.29, 0.717) is 17.5 Å². The molecule has 0 heterocycles. The van der Waals surface area contributed by atoms with Crippen molar-refractivity contribution < 1.29 is 9.59 Å². The molecule has 7 aromatic rings. The van der Waals surface area contributed by atoms with E-state index in [0.717, 1.165) is 28.2 Å². The molecular weight excluding hydrogens is 723 g/mol. The SMILES string of the molecule is Cc1cc2c(cc1C)[C@H](NC(=O)c1ccccc1P(c1ccccc1)c1ccccc1)[C@@H](NC(=O)c1ccccc1P(c1ccccc1)c1ccccc1)CC2. The summed E-state index contributed by atoms with van der Waals surface area (Å²) >= 11 is 0. The van der Waals surface area contributed by atoms with Crippen LogP contribution in [-0.2, 0) is 6.42 Å². The Balaban J connectivity index is 1.16. The largest absolute Gasteiger partial charge is 0.347 e. The molecule has 0 unspecified atom stereocenters. The number of carbonyl (C=O) groups excluding carboxylic acids is 2. The zero-order valence-corrected chi connectivity index (χ0v) is 33.4. The Morgan fingerprint density at radius 3 is 1.30 bits per heavy atom. The molecule has 2 atom stereocenters. The van der Waals surface area contributed by atoms with Gasteiger partial charge in [-0.05, 0) is 109 Å². The normalized spacial score (nSPS) is 14.9. The lowest BCUT2D eigenvalue weighted by Crippen LogP contribution is -2.49. The summed E-state index contributed by atoms with van der Waals surface area (Å²) in [5.41, 5.74) is 5.96. The number of hydrogen-bond donors (Lipinski definition) is 2. The van der Waals surface area contributed by atoms with Crippen LogP contribution in [-0.4, -0.2) is 17.9 Å². The van der Waals surface area contributed by atoms with Crippen molar-refractivity contribution in [3.63, 3.8) is 0 Å². The number of nitrogens with one attached hydrogen (secondary N) is 2. The van der Waals surface area contributed by atoms with Crippen molar-refractivity contribution in [2.24, 2.45) is 0 Å². The Morgan fingerprint density at radius 2 is 0.857 bits per heavy atom. The quantitative estimate of drug-likeness (QED) is 0.139. The van der Waals surface area contributed by atoms with Gasteiger partial charge in [0.2, 0.25) is 0 Å². The molecule has 6 heteroatoms. The topological polar surface area (TPSA) is 58.2 Å². The smallest absolute Gasteiger partial charge is 0.252 e. The highest BCUT2D eigenvalue weighted by molar-refractivity contribution is 7.80. The van der Waals surface area contributed by atoms with E-state index in [4.69, 9.17) is 0 Å². The van der Waals surface area contributed by atoms with Gasteiger partial charge >= 0.3 is 0 Å². The summed E-state index contributed by atoms with van der Waals surface area (Å²) < 4.78 is 0. The van der Waals surface area contributed by atoms with Crippen molar-refractivity contribution in [3.05, 3.63) is 215 Å². The fourth-order valence-corrected chi connectivity index (χ4v) is 12.7. The molecule has 0 fully saturated rings. The molecule has 0 saturated carbocycles. The third kappa shape index (κ3) is 7.87. The molecule has 8 rings (SSSR count). The first-order chi connectivity index (χ1) is 27.5. The van der Waals surface area contributed by atoms with Gasteiger partial charge in [-0.3, -0.25) is 9.59 Å². The number of hydrogen-bond acceptors (Lipinski definition) is 2. The Hall–Kier alpha value is -5.66. The Morgan fingerprint density at radius 1 is 0.482 bits per heavy atom. The second-order valence-electron chi connectivity index (χ2n) is 14.3. The van der Waals surface area contributed by atoms with E-state index in [2.05, 4.69) is 146 Å². The molecule has 4 nitrogen and oxygen atoms in total. The molecule has 0 aromatic heterocycles. The maximum Gasteiger partial charge on any atom is 0.252 e. The van der Waals surface area contributed by atoms with Crippen molar-refractivity contribution >= 4 is 59.5 Å². The molecule has 0 saturated heterocycles. The minimum absolute atomic E-state index is 0.131. The summed E-state index contributed by atoms with van der Waals surface area (Å²) in [6.45, 7) is 4.25. The van der Waals surface area contributed by atoms with Crippen LogP contribution in [0, 0.1) is 13.8 Å². The predicted molar refractivity (Wildman–Crippen MR) is 236 cm³/mol. The van der Waals surface area contributed by atoms with Crippen molar-refractivity contribution in [1.29, 1.82) is 0 Å². The van der Waals surface area contributed by atoms with Gasteiger partial charge in [0.05, 0.1) is 12.1 Å². The number of carbonyl (C=O) groups is 2. The van der Waals surface area contributed by atoms with Crippen LogP contribution >= 0.6 is 15.8 Å². The summed E-state index contributed by atoms with van der Waals surface area (Å²) in [6.07, 6.45) is 1.50. The van der Waals surface area contributed by atoms with E-state index >= 15 is 0 Å². The molecular formula is C50H44N2O2P2. The molecule has 276 valence electrons. The molecule has 1 aliphatic carbocycles. The van der Waals surface area contributed by atoms with Crippen LogP contribution < -0.4 is 42.5 Å². The molecule has 0 bridgehead atoms. The molecule has 2 amide bonds. The summed E-state index contributed by atoms with van der Waals surface area (Å²) in [5, 5.41) is 13.7. The number of amides is 2. The first kappa shape index (κ1) is 37.3. The first-order valence-corrected chi connectivity index (χ1v) is 21.8. The maximum atomic E-state index is 14.8. The van der Waals surface area contributed by atoms with Crippen molar-refractivity contribution in [3.8, 4) is 0 Å². The summed E-state index contributed by atoms with van der Waals surface area (Å²) in [4.78, 5) is 29.5. The van der Waals surface area contributed by atoms with E-state index < -0.39 is 21.9 Å². The van der Waals surface area contributed by atoms with E-state index in [1.807, 2.05) is 60.7 Å². The molecule has 7 aromatic carbocycles. The van der Waals surface area contributed by atoms with Crippen LogP contribution in [0.4, 0.5) is 0 Å². The Labute approximate surface area is 332 Å². The lowest BCUT2D eigenvalue weighted by Gasteiger charge is -2.36. The third-order valence-corrected chi connectivity index (χ3v) is 15.7. The maximum absolute atomic E-state index is 14.8. The summed E-state index contributed by atoms with van der Waals surface area (Å²) in [5.74, 6) is -0.277. The summed E-state index contributed by atoms with van der Waals surface area (Å²) in [7, 11) is -2.02. The Bertz CT molecular complexity index is 2380. The van der Waals surface area contributed by atoms with Gasteiger partial charge < -0.3 is 10.6 Å². The van der Waals surface area contributed by atoms with Crippen molar-refractivity contribution in [1.82, 2.24) is 10.6 Å². The zero-order valence-electron chi connectivity index (χ0n) is 31.6. The lowest BCUT2D eigenvalue weighted by molar-refractivity contribution is 0.0876. The average Bonchev–Trinajstić information content (AvgIpc) is 3.24. The van der Waals surface area contributed by atoms with Gasteiger partial charge in [0.1, 0.15) is 0 Å². The summed E-state index contributed by atoms with van der Waals surface area (Å²) in [6, 6.07) is 61.6. The van der Waals surface area contributed by atoms with Gasteiger partial charge in [-0.2, -0.15) is 0 Å². The second-order valence-corrected chi connectivity index (χ2v) is 18.6. The fraction of sp³-hybridized carbons (Fsp3) is 0.120. The van der Waals surface area contributed by atoms with Gasteiger partial charge in [0.15, 0.2) is 0 Å². The minimum atomic E-state index is -1.02. The van der Waals surface area contributed by atoms with Crippen LogP contribution in [0.2, 0.25) is 0 Å². The van der Waals surface area contributed by atoms with Crippen molar-refractivity contribution in [2.45, 2.75) is 38.8 Å². The number of fused-ring (bicyclic) bond motifs is 1. The van der Waals surface area contributed by atoms with Crippen LogP contribution in [0.5, 0.6) is 0 Å². The minimum Gasteiger partial charge on any atom is -0.347 e. The number of benzene rings is 7. The molecule has 0 aliphatic heterocycles. The first-order valence-electron chi connectivity index (χ1n) is 19.2. The van der Waals surface area contributed by atoms with E-state index in [-0.39, 0.29) is 17.9 Å². The Kier molecular flexibility index (Phi) is 11.3. The van der Waals surface area contributed by atoms with Gasteiger partial charge in [-0.25, -0.2) is 0 Å². The van der Waals surface area contributed by atoms with Gasteiger partial charge in [0, 0.05) is 11.1 Å². The van der Waals surface area contributed by atoms with Gasteiger partial charge in [-0.15, -0.1) is 0 Å². The highest BCUT2D eigenvalue weighted by atomic mass is 31.1. The van der Waals surface area contributed by atoms with Gasteiger partial charge in [0.25, 0.3) is 11.8 Å². The van der Waals surface area contributed by atoms with Crippen LogP contribution in [0.15, 0.2) is 182 Å². The highest BCUT2D eigenvalue weighted by Crippen LogP contribution is 2.37. The number of rotatable bonds is 10. The van der Waals surface area contributed by atoms with Crippen LogP contribution in [0.1, 0.15) is 55.4 Å². The monoisotopic (exact) mass is 766 g/mol. The van der Waals surface area contributed by atoms with E-state index in [1.54, 1.807) is 0 Å². The van der Waals surface area contributed by atoms with Crippen LogP contribution in [0.25, 0.3) is 0 Å². The standard InChI is InChI=1S/C50H44N2O2P2/c1-35-33-37-31-32-45(51-49(53)42-27-15-17-29-46(42)55(38-19-7-3-8-20-38)39-21-9-4-10-22-39)48(44(37)34-36(35)2)52-50(54)43-28-16-18-30-47(43)56(40-23-11-5-12-24-40)41-25-13-6-14-26-41/h3-30,33-34,45,48H,31-32H2,1-2H3,(H,51,53)(H,52,54)/t45-,48-/m0/s1. The molecule has 0 spiro atoms. The van der Waals surface area contributed by atoms with Gasteiger partial charge in [-0.1, -0.05) is 170 Å². The average molecular weight is 767 g/mol. The second kappa shape index (κ2) is 17.0. The number of aryl methyl sites for hydroxylation is 3. The van der Waals surface area contributed by atoms with E-state index in [1.165, 1.54) is 32.3 Å². The third-order valence-electron chi connectivity index (χ3n) is 10.7. The van der Waals surface area contributed by atoms with E-state index in [9.17, 15) is 9.59 Å². The molecule has 56 heavy (non-hydrogen) atoms. The fourth-order valence-electron chi connectivity index (χ4n) is 7.78. The van der Waals surface area contributed by atoms with Crippen molar-refractivity contribution in [2.75, 3.05) is 0 Å². The molecule has 1 aliphatic rings. The predicted octanol–water partition coefficient (Wildman–Crippen LogP) is 8.04.